The Bertz CT molecular complexity index is 479. The number of furan rings is 1. The van der Waals surface area contributed by atoms with Crippen LogP contribution in [0.2, 0.25) is 0 Å². The molecule has 1 aromatic heterocycles. The van der Waals surface area contributed by atoms with Crippen molar-refractivity contribution in [2.45, 2.75) is 12.8 Å². The van der Waals surface area contributed by atoms with Crippen LogP contribution in [0.1, 0.15) is 12.5 Å². The van der Waals surface area contributed by atoms with Crippen LogP contribution in [0.25, 0.3) is 11.0 Å². The summed E-state index contributed by atoms with van der Waals surface area (Å²) in [6, 6.07) is 6.13. The molecule has 0 bridgehead atoms. The predicted molar refractivity (Wildman–Crippen MR) is 58.7 cm³/mol. The first-order valence-corrected chi connectivity index (χ1v) is 5.20. The fourth-order valence-corrected chi connectivity index (χ4v) is 1.58. The third-order valence-electron chi connectivity index (χ3n) is 2.47. The number of likely N-dealkylation sites (N-methyl/N-ethyl adjacent to an activating group) is 1. The zero-order valence-corrected chi connectivity index (χ0v) is 8.97. The first kappa shape index (κ1) is 11.1. The van der Waals surface area contributed by atoms with Crippen molar-refractivity contribution in [3.63, 3.8) is 0 Å². The number of fused-ring (bicyclic) bond motifs is 1. The van der Waals surface area contributed by atoms with Gasteiger partial charge in [-0.05, 0) is 30.8 Å². The topological polar surface area (TPSA) is 25.2 Å². The lowest BCUT2D eigenvalue weighted by Gasteiger charge is -2.16. The zero-order chi connectivity index (χ0) is 11.6. The summed E-state index contributed by atoms with van der Waals surface area (Å²) in [4.78, 5) is 0. The molecule has 1 aromatic carbocycles. The van der Waals surface area contributed by atoms with Crippen molar-refractivity contribution >= 4 is 11.0 Å². The normalized spacial score (nSPS) is 12.2. The molecular weight excluding hydrogens is 212 g/mol. The minimum atomic E-state index is -2.85. The van der Waals surface area contributed by atoms with Gasteiger partial charge in [-0.3, -0.25) is 0 Å². The molecule has 86 valence electrons. The Morgan fingerprint density at radius 1 is 1.31 bits per heavy atom. The highest BCUT2D eigenvalue weighted by molar-refractivity contribution is 5.77. The second-order valence-corrected chi connectivity index (χ2v) is 3.66. The van der Waals surface area contributed by atoms with Gasteiger partial charge in [-0.2, -0.15) is 8.78 Å². The second kappa shape index (κ2) is 4.22. The number of benzene rings is 1. The van der Waals surface area contributed by atoms with Crippen molar-refractivity contribution in [1.29, 1.82) is 0 Å². The summed E-state index contributed by atoms with van der Waals surface area (Å²) in [6.07, 6.45) is 1.50. The number of hydrogen-bond donors (Lipinski definition) is 1. The van der Waals surface area contributed by atoms with Gasteiger partial charge in [0.25, 0.3) is 5.92 Å². The highest BCUT2D eigenvalue weighted by atomic mass is 19.3. The fourth-order valence-electron chi connectivity index (χ4n) is 1.58. The molecule has 0 amide bonds. The molecule has 0 saturated carbocycles. The average molecular weight is 225 g/mol. The second-order valence-electron chi connectivity index (χ2n) is 3.66. The van der Waals surface area contributed by atoms with Crippen LogP contribution in [0.5, 0.6) is 0 Å². The molecule has 2 aromatic rings. The standard InChI is InChI=1S/C12H13F2NO/c1-2-15-8-12(13,14)10-3-4-11-9(7-10)5-6-16-11/h3-7,15H,2,8H2,1H3. The summed E-state index contributed by atoms with van der Waals surface area (Å²) in [5, 5.41) is 3.36. The van der Waals surface area contributed by atoms with E-state index in [1.807, 2.05) is 0 Å². The maximum absolute atomic E-state index is 13.7. The lowest BCUT2D eigenvalue weighted by atomic mass is 10.1. The number of halogens is 2. The van der Waals surface area contributed by atoms with Gasteiger partial charge in [0.05, 0.1) is 12.8 Å². The Morgan fingerprint density at radius 3 is 2.88 bits per heavy atom. The zero-order valence-electron chi connectivity index (χ0n) is 8.97. The van der Waals surface area contributed by atoms with Gasteiger partial charge in [0.2, 0.25) is 0 Å². The van der Waals surface area contributed by atoms with E-state index in [2.05, 4.69) is 5.32 Å². The number of hydrogen-bond acceptors (Lipinski definition) is 2. The van der Waals surface area contributed by atoms with Crippen LogP contribution in [-0.4, -0.2) is 13.1 Å². The molecule has 0 fully saturated rings. The fraction of sp³-hybridized carbons (Fsp3) is 0.333. The molecule has 0 saturated heterocycles. The Kier molecular flexibility index (Phi) is 2.92. The van der Waals surface area contributed by atoms with Crippen LogP contribution in [0.3, 0.4) is 0 Å². The van der Waals surface area contributed by atoms with E-state index < -0.39 is 5.92 Å². The Hall–Kier alpha value is -1.42. The van der Waals surface area contributed by atoms with Crippen LogP contribution in [0.4, 0.5) is 8.78 Å². The van der Waals surface area contributed by atoms with Gasteiger partial charge in [0.15, 0.2) is 0 Å². The third-order valence-corrected chi connectivity index (χ3v) is 2.47. The molecule has 1 heterocycles. The SMILES string of the molecule is CCNCC(F)(F)c1ccc2occc2c1. The van der Waals surface area contributed by atoms with Crippen LogP contribution >= 0.6 is 0 Å². The summed E-state index contributed by atoms with van der Waals surface area (Å²) in [6.45, 7) is 1.99. The lowest BCUT2D eigenvalue weighted by Crippen LogP contribution is -2.30. The van der Waals surface area contributed by atoms with Gasteiger partial charge < -0.3 is 9.73 Å². The van der Waals surface area contributed by atoms with Crippen LogP contribution < -0.4 is 5.32 Å². The van der Waals surface area contributed by atoms with Gasteiger partial charge in [0, 0.05) is 10.9 Å². The summed E-state index contributed by atoms with van der Waals surface area (Å²) in [5.41, 5.74) is 0.644. The van der Waals surface area contributed by atoms with E-state index in [9.17, 15) is 8.78 Å². The molecule has 0 aliphatic heterocycles. The first-order chi connectivity index (χ1) is 7.63. The maximum Gasteiger partial charge on any atom is 0.285 e. The lowest BCUT2D eigenvalue weighted by molar-refractivity contribution is -0.00247. The van der Waals surface area contributed by atoms with Crippen LogP contribution in [0.15, 0.2) is 34.9 Å². The Labute approximate surface area is 92.2 Å². The van der Waals surface area contributed by atoms with Crippen molar-refractivity contribution in [1.82, 2.24) is 5.32 Å². The smallest absolute Gasteiger partial charge is 0.285 e. The van der Waals surface area contributed by atoms with Crippen molar-refractivity contribution < 1.29 is 13.2 Å². The highest BCUT2D eigenvalue weighted by Crippen LogP contribution is 2.29. The third kappa shape index (κ3) is 2.07. The van der Waals surface area contributed by atoms with Gasteiger partial charge in [-0.25, -0.2) is 0 Å². The molecule has 4 heteroatoms. The minimum absolute atomic E-state index is 0.0161. The summed E-state index contributed by atoms with van der Waals surface area (Å²) >= 11 is 0. The van der Waals surface area contributed by atoms with E-state index in [4.69, 9.17) is 4.42 Å². The van der Waals surface area contributed by atoms with E-state index in [0.717, 1.165) is 0 Å². The molecular formula is C12H13F2NO. The Balaban J connectivity index is 2.30. The predicted octanol–water partition coefficient (Wildman–Crippen LogP) is 3.13. The molecule has 0 aliphatic carbocycles. The average Bonchev–Trinajstić information content (AvgIpc) is 2.73. The molecule has 0 spiro atoms. The molecule has 16 heavy (non-hydrogen) atoms. The monoisotopic (exact) mass is 225 g/mol. The number of alkyl halides is 2. The number of nitrogens with one attached hydrogen (secondary N) is 1. The quantitative estimate of drug-likeness (QED) is 0.864. The number of rotatable bonds is 4. The van der Waals surface area contributed by atoms with Crippen molar-refractivity contribution in [2.75, 3.05) is 13.1 Å². The summed E-state index contributed by atoms with van der Waals surface area (Å²) in [5.74, 6) is -2.85. The molecule has 0 unspecified atom stereocenters. The van der Waals surface area contributed by atoms with Crippen LogP contribution in [0, 0.1) is 0 Å². The van der Waals surface area contributed by atoms with E-state index in [1.54, 1.807) is 19.1 Å². The molecule has 0 radical (unpaired) electrons. The molecule has 2 rings (SSSR count). The largest absolute Gasteiger partial charge is 0.464 e. The van der Waals surface area contributed by atoms with Gasteiger partial charge in [0.1, 0.15) is 5.58 Å². The first-order valence-electron chi connectivity index (χ1n) is 5.20. The van der Waals surface area contributed by atoms with E-state index >= 15 is 0 Å². The van der Waals surface area contributed by atoms with E-state index in [0.29, 0.717) is 17.5 Å². The van der Waals surface area contributed by atoms with Crippen molar-refractivity contribution in [2.24, 2.45) is 0 Å². The van der Waals surface area contributed by atoms with Gasteiger partial charge in [-0.1, -0.05) is 6.92 Å². The minimum Gasteiger partial charge on any atom is -0.464 e. The van der Waals surface area contributed by atoms with Crippen molar-refractivity contribution in [3.8, 4) is 0 Å². The van der Waals surface area contributed by atoms with Gasteiger partial charge >= 0.3 is 0 Å². The van der Waals surface area contributed by atoms with Crippen LogP contribution in [-0.2, 0) is 5.92 Å². The van der Waals surface area contributed by atoms with Crippen molar-refractivity contribution in [3.05, 3.63) is 36.1 Å². The Morgan fingerprint density at radius 2 is 2.12 bits per heavy atom. The highest BCUT2D eigenvalue weighted by Gasteiger charge is 2.30. The van der Waals surface area contributed by atoms with Gasteiger partial charge in [-0.15, -0.1) is 0 Å². The molecule has 0 aliphatic rings. The van der Waals surface area contributed by atoms with E-state index in [1.165, 1.54) is 18.4 Å². The van der Waals surface area contributed by atoms with E-state index in [-0.39, 0.29) is 12.1 Å². The summed E-state index contributed by atoms with van der Waals surface area (Å²) < 4.78 is 32.5. The molecule has 0 atom stereocenters. The molecule has 1 N–H and O–H groups in total. The summed E-state index contributed by atoms with van der Waals surface area (Å²) in [7, 11) is 0. The maximum atomic E-state index is 13.7. The molecule has 2 nitrogen and oxygen atoms in total.